The first-order valence-corrected chi connectivity index (χ1v) is 8.84. The van der Waals surface area contributed by atoms with Crippen molar-refractivity contribution >= 4 is 27.5 Å². The Bertz CT molecular complexity index is 596. The van der Waals surface area contributed by atoms with Crippen molar-refractivity contribution in [2.75, 3.05) is 0 Å². The Morgan fingerprint density at radius 1 is 1.14 bits per heavy atom. The molecular formula is C16H21ClO3S. The summed E-state index contributed by atoms with van der Waals surface area (Å²) in [6, 6.07) is 3.53. The molecule has 0 bridgehead atoms. The van der Waals surface area contributed by atoms with Gasteiger partial charge in [0, 0.05) is 5.56 Å². The summed E-state index contributed by atoms with van der Waals surface area (Å²) in [4.78, 5) is 11.5. The second kappa shape index (κ2) is 9.00. The van der Waals surface area contributed by atoms with Crippen LogP contribution in [0.4, 0.5) is 0 Å². The molecule has 0 aliphatic heterocycles. The van der Waals surface area contributed by atoms with E-state index in [1.165, 1.54) is 0 Å². The SMILES string of the molecule is CCCC=CCc1cc(CC)c(C(=O)Cl)cc1C[SH](=O)=O. The first-order chi connectivity index (χ1) is 9.99. The van der Waals surface area contributed by atoms with Gasteiger partial charge in [-0.1, -0.05) is 38.5 Å². The molecule has 0 unspecified atom stereocenters. The number of carbonyl (C=O) groups excluding carboxylic acids is 1. The predicted molar refractivity (Wildman–Crippen MR) is 87.8 cm³/mol. The first kappa shape index (κ1) is 17.9. The van der Waals surface area contributed by atoms with Gasteiger partial charge < -0.3 is 0 Å². The Morgan fingerprint density at radius 2 is 1.86 bits per heavy atom. The number of aryl methyl sites for hydroxylation is 1. The monoisotopic (exact) mass is 328 g/mol. The molecule has 0 heterocycles. The number of hydrogen-bond acceptors (Lipinski definition) is 3. The van der Waals surface area contributed by atoms with Gasteiger partial charge in [0.2, 0.25) is 0 Å². The van der Waals surface area contributed by atoms with E-state index in [4.69, 9.17) is 11.6 Å². The van der Waals surface area contributed by atoms with Crippen molar-refractivity contribution in [1.82, 2.24) is 0 Å². The van der Waals surface area contributed by atoms with Crippen molar-refractivity contribution < 1.29 is 13.2 Å². The number of allylic oxidation sites excluding steroid dienone is 2. The van der Waals surface area contributed by atoms with Gasteiger partial charge in [0.15, 0.2) is 0 Å². The van der Waals surface area contributed by atoms with Crippen molar-refractivity contribution in [3.05, 3.63) is 46.5 Å². The first-order valence-electron chi connectivity index (χ1n) is 7.10. The van der Waals surface area contributed by atoms with Crippen molar-refractivity contribution in [3.63, 3.8) is 0 Å². The van der Waals surface area contributed by atoms with Crippen LogP contribution < -0.4 is 0 Å². The minimum Gasteiger partial charge on any atom is -0.276 e. The molecule has 0 spiro atoms. The number of hydrogen-bond donors (Lipinski definition) is 1. The van der Waals surface area contributed by atoms with Crippen LogP contribution in [0.25, 0.3) is 0 Å². The van der Waals surface area contributed by atoms with Crippen LogP contribution in [0.5, 0.6) is 0 Å². The minimum absolute atomic E-state index is 0.0621. The van der Waals surface area contributed by atoms with Gasteiger partial charge in [-0.2, -0.15) is 0 Å². The van der Waals surface area contributed by atoms with Crippen LogP contribution in [-0.2, 0) is 29.3 Å². The third kappa shape index (κ3) is 5.64. The zero-order valence-corrected chi connectivity index (χ0v) is 14.0. The largest absolute Gasteiger partial charge is 0.276 e. The van der Waals surface area contributed by atoms with Crippen LogP contribution in [-0.4, -0.2) is 13.7 Å². The predicted octanol–water partition coefficient (Wildman–Crippen LogP) is 3.64. The molecule has 1 aromatic rings. The zero-order chi connectivity index (χ0) is 15.8. The molecule has 0 N–H and O–H groups in total. The molecule has 21 heavy (non-hydrogen) atoms. The fourth-order valence-electron chi connectivity index (χ4n) is 2.19. The van der Waals surface area contributed by atoms with E-state index in [1.54, 1.807) is 6.07 Å². The molecule has 0 fully saturated rings. The van der Waals surface area contributed by atoms with Gasteiger partial charge in [-0.05, 0) is 53.6 Å². The van der Waals surface area contributed by atoms with Gasteiger partial charge in [-0.15, -0.1) is 0 Å². The molecule has 116 valence electrons. The molecule has 0 amide bonds. The molecule has 0 aliphatic carbocycles. The van der Waals surface area contributed by atoms with E-state index in [1.807, 2.05) is 19.1 Å². The quantitative estimate of drug-likeness (QED) is 0.450. The fraction of sp³-hybridized carbons (Fsp3) is 0.438. The fourth-order valence-corrected chi connectivity index (χ4v) is 2.94. The summed E-state index contributed by atoms with van der Waals surface area (Å²) >= 11 is 5.59. The Morgan fingerprint density at radius 3 is 2.38 bits per heavy atom. The summed E-state index contributed by atoms with van der Waals surface area (Å²) in [7, 11) is -2.54. The van der Waals surface area contributed by atoms with Crippen LogP contribution in [0.3, 0.4) is 0 Å². The molecule has 1 rings (SSSR count). The number of unbranched alkanes of at least 4 members (excludes halogenated alkanes) is 1. The summed E-state index contributed by atoms with van der Waals surface area (Å²) in [6.45, 7) is 4.05. The van der Waals surface area contributed by atoms with E-state index in [0.29, 0.717) is 24.0 Å². The van der Waals surface area contributed by atoms with Crippen LogP contribution >= 0.6 is 11.6 Å². The molecule has 0 aliphatic rings. The van der Waals surface area contributed by atoms with E-state index in [0.717, 1.165) is 24.0 Å². The number of rotatable bonds is 8. The highest BCUT2D eigenvalue weighted by molar-refractivity contribution is 7.71. The maximum absolute atomic E-state index is 11.5. The van der Waals surface area contributed by atoms with Gasteiger partial charge >= 0.3 is 0 Å². The summed E-state index contributed by atoms with van der Waals surface area (Å²) in [5.74, 6) is -0.0621. The molecule has 0 saturated carbocycles. The Kier molecular flexibility index (Phi) is 7.68. The number of halogens is 1. The number of benzene rings is 1. The van der Waals surface area contributed by atoms with Gasteiger partial charge in [0.1, 0.15) is 10.7 Å². The molecule has 0 saturated heterocycles. The highest BCUT2D eigenvalue weighted by atomic mass is 35.5. The van der Waals surface area contributed by atoms with Crippen LogP contribution in [0, 0.1) is 0 Å². The second-order valence-corrected chi connectivity index (χ2v) is 6.19. The summed E-state index contributed by atoms with van der Waals surface area (Å²) in [5, 5.41) is -0.540. The minimum atomic E-state index is -2.54. The van der Waals surface area contributed by atoms with Crippen LogP contribution in [0.1, 0.15) is 53.7 Å². The maximum atomic E-state index is 11.5. The Balaban J connectivity index is 3.21. The van der Waals surface area contributed by atoms with Gasteiger partial charge in [-0.3, -0.25) is 4.79 Å². The normalized spacial score (nSPS) is 11.4. The molecule has 3 nitrogen and oxygen atoms in total. The van der Waals surface area contributed by atoms with Crippen molar-refractivity contribution in [2.45, 2.75) is 45.3 Å². The lowest BCUT2D eigenvalue weighted by molar-refractivity contribution is 0.108. The molecule has 1 aromatic carbocycles. The van der Waals surface area contributed by atoms with Gasteiger partial charge in [0.05, 0.1) is 5.75 Å². The zero-order valence-electron chi connectivity index (χ0n) is 12.4. The van der Waals surface area contributed by atoms with Crippen molar-refractivity contribution in [3.8, 4) is 0 Å². The Hall–Kier alpha value is -1.13. The summed E-state index contributed by atoms with van der Waals surface area (Å²) in [6.07, 6.45) is 7.57. The molecule has 5 heteroatoms. The average molecular weight is 329 g/mol. The average Bonchev–Trinajstić information content (AvgIpc) is 2.43. The van der Waals surface area contributed by atoms with E-state index < -0.39 is 15.9 Å². The van der Waals surface area contributed by atoms with Crippen molar-refractivity contribution in [1.29, 1.82) is 0 Å². The second-order valence-electron chi connectivity index (χ2n) is 4.86. The highest BCUT2D eigenvalue weighted by Crippen LogP contribution is 2.21. The lowest BCUT2D eigenvalue weighted by Crippen LogP contribution is -2.04. The molecule has 0 atom stereocenters. The summed E-state index contributed by atoms with van der Waals surface area (Å²) < 4.78 is 22.1. The lowest BCUT2D eigenvalue weighted by atomic mass is 9.96. The topological polar surface area (TPSA) is 51.2 Å². The highest BCUT2D eigenvalue weighted by Gasteiger charge is 2.13. The van der Waals surface area contributed by atoms with E-state index in [2.05, 4.69) is 13.0 Å². The molecular weight excluding hydrogens is 308 g/mol. The standard InChI is InChI=1S/C16H21ClO3S/c1-3-5-6-7-8-13-9-12(4-2)15(16(17)18)10-14(13)11-21(19)20/h6-7,9-10,21H,3-5,8,11H2,1-2H3. The number of carbonyl (C=O) groups is 1. The maximum Gasteiger partial charge on any atom is 0.252 e. The Labute approximate surface area is 133 Å². The summed E-state index contributed by atoms with van der Waals surface area (Å²) in [5.41, 5.74) is 2.87. The van der Waals surface area contributed by atoms with Gasteiger partial charge in [-0.25, -0.2) is 8.42 Å². The smallest absolute Gasteiger partial charge is 0.252 e. The van der Waals surface area contributed by atoms with Crippen LogP contribution in [0.15, 0.2) is 24.3 Å². The van der Waals surface area contributed by atoms with Crippen LogP contribution in [0.2, 0.25) is 0 Å². The van der Waals surface area contributed by atoms with E-state index >= 15 is 0 Å². The van der Waals surface area contributed by atoms with Crippen molar-refractivity contribution in [2.24, 2.45) is 0 Å². The van der Waals surface area contributed by atoms with Gasteiger partial charge in [0.25, 0.3) is 5.24 Å². The molecule has 0 radical (unpaired) electrons. The number of thiol groups is 1. The molecule has 0 aromatic heterocycles. The van der Waals surface area contributed by atoms with E-state index in [-0.39, 0.29) is 5.75 Å². The third-order valence-electron chi connectivity index (χ3n) is 3.28. The third-order valence-corrected chi connectivity index (χ3v) is 4.08. The lowest BCUT2D eigenvalue weighted by Gasteiger charge is -2.11. The van der Waals surface area contributed by atoms with E-state index in [9.17, 15) is 13.2 Å².